The minimum absolute atomic E-state index is 0.0489. The molecule has 0 radical (unpaired) electrons. The summed E-state index contributed by atoms with van der Waals surface area (Å²) in [5.41, 5.74) is 7.86. The van der Waals surface area contributed by atoms with Crippen LogP contribution >= 0.6 is 0 Å². The van der Waals surface area contributed by atoms with Crippen molar-refractivity contribution in [2.24, 2.45) is 0 Å². The van der Waals surface area contributed by atoms with Gasteiger partial charge in [0.2, 0.25) is 0 Å². The smallest absolute Gasteiger partial charge is 0.254 e. The van der Waals surface area contributed by atoms with Crippen LogP contribution in [0, 0.1) is 6.92 Å². The highest BCUT2D eigenvalue weighted by atomic mass is 16.5. The molecule has 1 aliphatic rings. The summed E-state index contributed by atoms with van der Waals surface area (Å²) in [4.78, 5) is 14.5. The fourth-order valence-corrected chi connectivity index (χ4v) is 2.60. The number of amides is 1. The van der Waals surface area contributed by atoms with Gasteiger partial charge in [-0.15, -0.1) is 0 Å². The number of likely N-dealkylation sites (tertiary alicyclic amines) is 1. The Kier molecular flexibility index (Phi) is 3.80. The van der Waals surface area contributed by atoms with Crippen molar-refractivity contribution in [1.29, 1.82) is 0 Å². The van der Waals surface area contributed by atoms with E-state index in [2.05, 4.69) is 6.92 Å². The van der Waals surface area contributed by atoms with Crippen molar-refractivity contribution >= 4 is 11.6 Å². The van der Waals surface area contributed by atoms with Crippen LogP contribution in [0.2, 0.25) is 0 Å². The van der Waals surface area contributed by atoms with Crippen molar-refractivity contribution < 1.29 is 9.53 Å². The maximum Gasteiger partial charge on any atom is 0.254 e. The molecule has 0 spiro atoms. The molecule has 0 aromatic heterocycles. The zero-order chi connectivity index (χ0) is 14.0. The predicted octanol–water partition coefficient (Wildman–Crippen LogP) is 2.22. The number of hydrogen-bond donors (Lipinski definition) is 1. The second-order valence-electron chi connectivity index (χ2n) is 5.50. The Bertz CT molecular complexity index is 487. The van der Waals surface area contributed by atoms with Gasteiger partial charge in [0, 0.05) is 31.5 Å². The highest BCUT2D eigenvalue weighted by Crippen LogP contribution is 2.26. The monoisotopic (exact) mass is 262 g/mol. The minimum Gasteiger partial charge on any atom is -0.398 e. The van der Waals surface area contributed by atoms with Gasteiger partial charge in [-0.25, -0.2) is 0 Å². The van der Waals surface area contributed by atoms with Gasteiger partial charge in [0.25, 0.3) is 5.91 Å². The van der Waals surface area contributed by atoms with Gasteiger partial charge in [-0.1, -0.05) is 6.07 Å². The van der Waals surface area contributed by atoms with E-state index in [0.717, 1.165) is 24.9 Å². The molecule has 19 heavy (non-hydrogen) atoms. The van der Waals surface area contributed by atoms with Crippen molar-refractivity contribution in [1.82, 2.24) is 4.90 Å². The molecule has 1 unspecified atom stereocenters. The lowest BCUT2D eigenvalue weighted by molar-refractivity contribution is -0.0440. The Balaban J connectivity index is 2.22. The van der Waals surface area contributed by atoms with Crippen LogP contribution in [0.4, 0.5) is 5.69 Å². The molecule has 1 fully saturated rings. The first-order valence-electron chi connectivity index (χ1n) is 6.66. The maximum absolute atomic E-state index is 12.6. The quantitative estimate of drug-likeness (QED) is 0.831. The Hall–Kier alpha value is -1.55. The SMILES string of the molecule is COC1(C)CCCN(C(=O)c2cccc(N)c2C)C1. The third kappa shape index (κ3) is 2.73. The zero-order valence-electron chi connectivity index (χ0n) is 11.9. The van der Waals surface area contributed by atoms with Crippen LogP contribution in [-0.4, -0.2) is 36.6 Å². The summed E-state index contributed by atoms with van der Waals surface area (Å²) >= 11 is 0. The molecule has 2 rings (SSSR count). The van der Waals surface area contributed by atoms with E-state index < -0.39 is 0 Å². The molecule has 1 heterocycles. The Morgan fingerprint density at radius 2 is 2.21 bits per heavy atom. The van der Waals surface area contributed by atoms with Gasteiger partial charge in [-0.3, -0.25) is 4.79 Å². The first-order chi connectivity index (χ1) is 8.97. The van der Waals surface area contributed by atoms with E-state index in [4.69, 9.17) is 10.5 Å². The summed E-state index contributed by atoms with van der Waals surface area (Å²) in [6.45, 7) is 5.36. The Morgan fingerprint density at radius 1 is 1.47 bits per heavy atom. The second kappa shape index (κ2) is 5.21. The summed E-state index contributed by atoms with van der Waals surface area (Å²) < 4.78 is 5.53. The van der Waals surface area contributed by atoms with Gasteiger partial charge in [0.15, 0.2) is 0 Å². The number of benzene rings is 1. The fourth-order valence-electron chi connectivity index (χ4n) is 2.60. The zero-order valence-corrected chi connectivity index (χ0v) is 11.9. The van der Waals surface area contributed by atoms with Gasteiger partial charge in [-0.2, -0.15) is 0 Å². The molecule has 0 saturated carbocycles. The van der Waals surface area contributed by atoms with Crippen LogP contribution in [0.25, 0.3) is 0 Å². The van der Waals surface area contributed by atoms with E-state index in [1.54, 1.807) is 7.11 Å². The van der Waals surface area contributed by atoms with Gasteiger partial charge in [-0.05, 0) is 44.4 Å². The van der Waals surface area contributed by atoms with E-state index in [-0.39, 0.29) is 11.5 Å². The number of nitrogens with zero attached hydrogens (tertiary/aromatic N) is 1. The topological polar surface area (TPSA) is 55.6 Å². The molecular weight excluding hydrogens is 240 g/mol. The normalized spacial score (nSPS) is 23.4. The van der Waals surface area contributed by atoms with Gasteiger partial charge in [0.1, 0.15) is 0 Å². The number of carbonyl (C=O) groups is 1. The molecule has 4 heteroatoms. The number of carbonyl (C=O) groups excluding carboxylic acids is 1. The molecule has 1 amide bonds. The van der Waals surface area contributed by atoms with Crippen molar-refractivity contribution in [3.05, 3.63) is 29.3 Å². The summed E-state index contributed by atoms with van der Waals surface area (Å²) in [5.74, 6) is 0.0489. The summed E-state index contributed by atoms with van der Waals surface area (Å²) in [5, 5.41) is 0. The first kappa shape index (κ1) is 13.9. The number of hydrogen-bond acceptors (Lipinski definition) is 3. The van der Waals surface area contributed by atoms with Gasteiger partial charge >= 0.3 is 0 Å². The minimum atomic E-state index is -0.234. The molecule has 1 atom stereocenters. The third-order valence-corrected chi connectivity index (χ3v) is 4.05. The van der Waals surface area contributed by atoms with Crippen molar-refractivity contribution in [3.63, 3.8) is 0 Å². The Labute approximate surface area is 114 Å². The number of rotatable bonds is 2. The average molecular weight is 262 g/mol. The van der Waals surface area contributed by atoms with Crippen LogP contribution < -0.4 is 5.73 Å². The lowest BCUT2D eigenvalue weighted by Crippen LogP contribution is -2.49. The van der Waals surface area contributed by atoms with E-state index in [0.29, 0.717) is 17.8 Å². The highest BCUT2D eigenvalue weighted by molar-refractivity contribution is 5.97. The summed E-state index contributed by atoms with van der Waals surface area (Å²) in [7, 11) is 1.71. The van der Waals surface area contributed by atoms with Crippen LogP contribution in [0.3, 0.4) is 0 Å². The summed E-state index contributed by atoms with van der Waals surface area (Å²) in [6.07, 6.45) is 1.96. The van der Waals surface area contributed by atoms with Gasteiger partial charge < -0.3 is 15.4 Å². The molecule has 2 N–H and O–H groups in total. The largest absolute Gasteiger partial charge is 0.398 e. The molecular formula is C15H22N2O2. The number of anilines is 1. The van der Waals surface area contributed by atoms with Crippen molar-refractivity contribution in [3.8, 4) is 0 Å². The number of nitrogen functional groups attached to an aromatic ring is 1. The molecule has 4 nitrogen and oxygen atoms in total. The maximum atomic E-state index is 12.6. The predicted molar refractivity (Wildman–Crippen MR) is 76.1 cm³/mol. The molecule has 1 saturated heterocycles. The van der Waals surface area contributed by atoms with Crippen LogP contribution in [0.15, 0.2) is 18.2 Å². The number of nitrogens with two attached hydrogens (primary N) is 1. The molecule has 1 aromatic rings. The van der Waals surface area contributed by atoms with Crippen LogP contribution in [0.5, 0.6) is 0 Å². The lowest BCUT2D eigenvalue weighted by Gasteiger charge is -2.39. The standard InChI is InChI=1S/C15H22N2O2/c1-11-12(6-4-7-13(11)16)14(18)17-9-5-8-15(2,10-17)19-3/h4,6-7H,5,8-10,16H2,1-3H3. The van der Waals surface area contributed by atoms with Crippen LogP contribution in [-0.2, 0) is 4.74 Å². The molecule has 1 aliphatic heterocycles. The average Bonchev–Trinajstić information content (AvgIpc) is 2.41. The second-order valence-corrected chi connectivity index (χ2v) is 5.50. The first-order valence-corrected chi connectivity index (χ1v) is 6.66. The van der Waals surface area contributed by atoms with Crippen molar-refractivity contribution in [2.45, 2.75) is 32.3 Å². The highest BCUT2D eigenvalue weighted by Gasteiger charge is 2.33. The van der Waals surface area contributed by atoms with E-state index in [9.17, 15) is 4.79 Å². The summed E-state index contributed by atoms with van der Waals surface area (Å²) in [6, 6.07) is 5.49. The molecule has 104 valence electrons. The lowest BCUT2D eigenvalue weighted by atomic mass is 9.93. The van der Waals surface area contributed by atoms with E-state index >= 15 is 0 Å². The Morgan fingerprint density at radius 3 is 2.89 bits per heavy atom. The van der Waals surface area contributed by atoms with E-state index in [1.807, 2.05) is 30.0 Å². The molecule has 1 aromatic carbocycles. The molecule has 0 aliphatic carbocycles. The van der Waals surface area contributed by atoms with E-state index in [1.165, 1.54) is 0 Å². The third-order valence-electron chi connectivity index (χ3n) is 4.05. The molecule has 0 bridgehead atoms. The van der Waals surface area contributed by atoms with Crippen LogP contribution in [0.1, 0.15) is 35.7 Å². The number of ether oxygens (including phenoxy) is 1. The van der Waals surface area contributed by atoms with Crippen molar-refractivity contribution in [2.75, 3.05) is 25.9 Å². The number of methoxy groups -OCH3 is 1. The van der Waals surface area contributed by atoms with Gasteiger partial charge in [0.05, 0.1) is 5.60 Å². The fraction of sp³-hybridized carbons (Fsp3) is 0.533. The number of piperidine rings is 1.